The van der Waals surface area contributed by atoms with E-state index in [1.165, 1.54) is 22.0 Å². The maximum Gasteiger partial charge on any atom is 0.354 e. The molecule has 0 unspecified atom stereocenters. The van der Waals surface area contributed by atoms with Crippen LogP contribution in [0.5, 0.6) is 0 Å². The summed E-state index contributed by atoms with van der Waals surface area (Å²) >= 11 is 2.33. The van der Waals surface area contributed by atoms with Gasteiger partial charge < -0.3 is 0 Å². The van der Waals surface area contributed by atoms with Crippen molar-refractivity contribution in [3.63, 3.8) is 0 Å². The summed E-state index contributed by atoms with van der Waals surface area (Å²) in [5, 5.41) is 2.51. The van der Waals surface area contributed by atoms with Crippen LogP contribution in [0.15, 0.2) is 67.4 Å². The SMILES string of the molecule is C=Cc1ccccc1-c1c2ccccc2cc[n+]1I. The van der Waals surface area contributed by atoms with Gasteiger partial charge in [-0.25, -0.2) is 0 Å². The smallest absolute Gasteiger partial charge is 0.136 e. The van der Waals surface area contributed by atoms with Gasteiger partial charge >= 0.3 is 22.9 Å². The van der Waals surface area contributed by atoms with E-state index < -0.39 is 0 Å². The standard InChI is InChI=1S/C17H13IN/c1-2-13-7-3-5-9-15(13)17-16-10-6-4-8-14(16)11-12-19(17)18/h2-12H,1H2/q+1. The number of aromatic nitrogens is 1. The molecule has 0 atom stereocenters. The number of benzene rings is 2. The van der Waals surface area contributed by atoms with Gasteiger partial charge in [0, 0.05) is 6.07 Å². The number of hydrogen-bond donors (Lipinski definition) is 0. The Hall–Kier alpha value is -1.68. The zero-order valence-electron chi connectivity index (χ0n) is 10.4. The lowest BCUT2D eigenvalue weighted by molar-refractivity contribution is -0.425. The van der Waals surface area contributed by atoms with E-state index in [0.717, 1.165) is 5.56 Å². The predicted molar refractivity (Wildman–Crippen MR) is 89.1 cm³/mol. The summed E-state index contributed by atoms with van der Waals surface area (Å²) in [6.07, 6.45) is 4.01. The van der Waals surface area contributed by atoms with Crippen molar-refractivity contribution in [1.82, 2.24) is 0 Å². The van der Waals surface area contributed by atoms with Crippen LogP contribution in [-0.2, 0) is 0 Å². The molecule has 92 valence electrons. The quantitative estimate of drug-likeness (QED) is 0.588. The fourth-order valence-electron chi connectivity index (χ4n) is 2.34. The summed E-state index contributed by atoms with van der Waals surface area (Å²) in [6.45, 7) is 3.92. The van der Waals surface area contributed by atoms with E-state index >= 15 is 0 Å². The van der Waals surface area contributed by atoms with Crippen molar-refractivity contribution < 1.29 is 2.78 Å². The van der Waals surface area contributed by atoms with Crippen molar-refractivity contribution in [2.24, 2.45) is 0 Å². The van der Waals surface area contributed by atoms with Crippen molar-refractivity contribution in [2.45, 2.75) is 0 Å². The predicted octanol–water partition coefficient (Wildman–Crippen LogP) is 4.64. The van der Waals surface area contributed by atoms with Gasteiger partial charge in [-0.15, -0.1) is 2.78 Å². The highest BCUT2D eigenvalue weighted by molar-refractivity contribution is 14.1. The number of halogens is 1. The summed E-state index contributed by atoms with van der Waals surface area (Å²) in [5.41, 5.74) is 3.59. The number of nitrogens with zero attached hydrogens (tertiary/aromatic N) is 1. The minimum atomic E-state index is 1.16. The molecule has 3 rings (SSSR count). The Morgan fingerprint density at radius 3 is 2.53 bits per heavy atom. The average Bonchev–Trinajstić information content (AvgIpc) is 2.47. The first kappa shape index (κ1) is 12.4. The molecule has 0 spiro atoms. The van der Waals surface area contributed by atoms with E-state index in [9.17, 15) is 0 Å². The van der Waals surface area contributed by atoms with E-state index in [0.29, 0.717) is 0 Å². The largest absolute Gasteiger partial charge is 0.354 e. The Bertz CT molecular complexity index is 762. The van der Waals surface area contributed by atoms with Crippen LogP contribution < -0.4 is 2.78 Å². The number of hydrogen-bond acceptors (Lipinski definition) is 0. The first-order valence-corrected chi connectivity index (χ1v) is 7.09. The molecule has 0 saturated heterocycles. The van der Waals surface area contributed by atoms with Gasteiger partial charge in [0.2, 0.25) is 5.69 Å². The van der Waals surface area contributed by atoms with Crippen LogP contribution in [0.25, 0.3) is 28.1 Å². The highest BCUT2D eigenvalue weighted by Crippen LogP contribution is 2.29. The minimum absolute atomic E-state index is 1.16. The van der Waals surface area contributed by atoms with E-state index in [4.69, 9.17) is 0 Å². The normalized spacial score (nSPS) is 10.6. The molecule has 0 N–H and O–H groups in total. The molecule has 0 aliphatic carbocycles. The van der Waals surface area contributed by atoms with Gasteiger partial charge in [-0.05, 0) is 23.1 Å². The Morgan fingerprint density at radius 1 is 0.947 bits per heavy atom. The Morgan fingerprint density at radius 2 is 1.68 bits per heavy atom. The summed E-state index contributed by atoms with van der Waals surface area (Å²) in [7, 11) is 0. The van der Waals surface area contributed by atoms with Crippen molar-refractivity contribution in [1.29, 1.82) is 0 Å². The van der Waals surface area contributed by atoms with Crippen LogP contribution in [0.2, 0.25) is 0 Å². The molecule has 1 aromatic heterocycles. The monoisotopic (exact) mass is 358 g/mol. The molecule has 0 bridgehead atoms. The molecule has 19 heavy (non-hydrogen) atoms. The van der Waals surface area contributed by atoms with Crippen LogP contribution in [-0.4, -0.2) is 0 Å². The van der Waals surface area contributed by atoms with E-state index in [2.05, 4.69) is 87.0 Å². The second-order valence-electron chi connectivity index (χ2n) is 4.35. The molecular weight excluding hydrogens is 345 g/mol. The maximum atomic E-state index is 3.92. The maximum absolute atomic E-state index is 3.92. The van der Waals surface area contributed by atoms with Gasteiger partial charge in [-0.3, -0.25) is 0 Å². The molecule has 0 fully saturated rings. The molecule has 1 nitrogen and oxygen atoms in total. The van der Waals surface area contributed by atoms with Gasteiger partial charge in [0.15, 0.2) is 6.20 Å². The molecule has 2 aromatic carbocycles. The van der Waals surface area contributed by atoms with Gasteiger partial charge in [0.25, 0.3) is 0 Å². The number of pyridine rings is 1. The molecule has 0 saturated carbocycles. The molecule has 1 heterocycles. The Kier molecular flexibility index (Phi) is 3.34. The van der Waals surface area contributed by atoms with Crippen molar-refractivity contribution in [3.8, 4) is 11.3 Å². The lowest BCUT2D eigenvalue weighted by Crippen LogP contribution is -2.22. The summed E-state index contributed by atoms with van der Waals surface area (Å²) in [6, 6.07) is 19.0. The molecule has 2 heteroatoms. The minimum Gasteiger partial charge on any atom is -0.136 e. The van der Waals surface area contributed by atoms with Crippen LogP contribution >= 0.6 is 22.9 Å². The van der Waals surface area contributed by atoms with Crippen molar-refractivity contribution >= 4 is 39.7 Å². The van der Waals surface area contributed by atoms with Crippen LogP contribution in [0.3, 0.4) is 0 Å². The van der Waals surface area contributed by atoms with Gasteiger partial charge in [0.05, 0.1) is 10.9 Å². The Balaban J connectivity index is 2.42. The fraction of sp³-hybridized carbons (Fsp3) is 0. The second-order valence-corrected chi connectivity index (χ2v) is 5.39. The highest BCUT2D eigenvalue weighted by Gasteiger charge is 2.17. The number of rotatable bonds is 2. The van der Waals surface area contributed by atoms with Crippen LogP contribution in [0, 0.1) is 0 Å². The fourth-order valence-corrected chi connectivity index (χ4v) is 3.02. The first-order chi connectivity index (χ1) is 9.31. The first-order valence-electron chi connectivity index (χ1n) is 6.12. The summed E-state index contributed by atoms with van der Waals surface area (Å²) in [5.74, 6) is 0. The zero-order chi connectivity index (χ0) is 13.2. The molecule has 0 aliphatic rings. The third-order valence-electron chi connectivity index (χ3n) is 3.25. The van der Waals surface area contributed by atoms with Gasteiger partial charge in [0.1, 0.15) is 0 Å². The molecule has 0 radical (unpaired) electrons. The van der Waals surface area contributed by atoms with E-state index in [1.54, 1.807) is 0 Å². The van der Waals surface area contributed by atoms with Gasteiger partial charge in [-0.2, -0.15) is 0 Å². The molecule has 3 aromatic rings. The van der Waals surface area contributed by atoms with Crippen LogP contribution in [0.4, 0.5) is 0 Å². The third kappa shape index (κ3) is 2.16. The lowest BCUT2D eigenvalue weighted by Gasteiger charge is -2.06. The zero-order valence-corrected chi connectivity index (χ0v) is 12.5. The van der Waals surface area contributed by atoms with Gasteiger partial charge in [-0.1, -0.05) is 49.1 Å². The highest BCUT2D eigenvalue weighted by atomic mass is 127. The molecular formula is C17H13IN+. The number of fused-ring (bicyclic) bond motifs is 1. The molecule has 0 aliphatic heterocycles. The molecule has 0 amide bonds. The average molecular weight is 358 g/mol. The summed E-state index contributed by atoms with van der Waals surface area (Å²) in [4.78, 5) is 0. The lowest BCUT2D eigenvalue weighted by atomic mass is 9.99. The summed E-state index contributed by atoms with van der Waals surface area (Å²) < 4.78 is 2.14. The third-order valence-corrected chi connectivity index (χ3v) is 4.05. The van der Waals surface area contributed by atoms with Crippen LogP contribution in [0.1, 0.15) is 5.56 Å². The second kappa shape index (κ2) is 5.13. The Labute approximate surface area is 126 Å². The topological polar surface area (TPSA) is 3.88 Å². The van der Waals surface area contributed by atoms with Crippen molar-refractivity contribution in [3.05, 3.63) is 72.9 Å². The van der Waals surface area contributed by atoms with Crippen molar-refractivity contribution in [2.75, 3.05) is 0 Å². The van der Waals surface area contributed by atoms with E-state index in [1.807, 2.05) is 12.1 Å². The van der Waals surface area contributed by atoms with E-state index in [-0.39, 0.29) is 0 Å².